The van der Waals surface area contributed by atoms with Crippen LogP contribution in [-0.4, -0.2) is 24.0 Å². The Kier molecular flexibility index (Phi) is 4.72. The molecule has 0 amide bonds. The Hall–Kier alpha value is -2.62. The second-order valence-electron chi connectivity index (χ2n) is 4.65. The van der Waals surface area contributed by atoms with Crippen molar-refractivity contribution in [3.05, 3.63) is 65.7 Å². The molecule has 108 valence electrons. The summed E-state index contributed by atoms with van der Waals surface area (Å²) in [4.78, 5) is 23.6. The number of ketones is 1. The average molecular weight is 284 g/mol. The maximum atomic E-state index is 12.6. The van der Waals surface area contributed by atoms with Crippen LogP contribution in [0, 0.1) is 0 Å². The zero-order chi connectivity index (χ0) is 15.2. The van der Waals surface area contributed by atoms with Gasteiger partial charge in [0, 0.05) is 5.56 Å². The molecule has 0 heterocycles. The predicted molar refractivity (Wildman–Crippen MR) is 78.8 cm³/mol. The first kappa shape index (κ1) is 14.8. The van der Waals surface area contributed by atoms with Gasteiger partial charge in [0.2, 0.25) is 0 Å². The standard InChI is InChI=1S/C17H16O4/c1-21-14-9-7-13(8-10-14)17(20)15(11-16(18)19)12-5-3-2-4-6-12/h2-10,15H,11H2,1H3,(H,18,19). The lowest BCUT2D eigenvalue weighted by Gasteiger charge is -2.14. The molecule has 2 aromatic rings. The summed E-state index contributed by atoms with van der Waals surface area (Å²) in [5.74, 6) is -1.23. The third-order valence-electron chi connectivity index (χ3n) is 3.27. The summed E-state index contributed by atoms with van der Waals surface area (Å²) in [5.41, 5.74) is 1.19. The lowest BCUT2D eigenvalue weighted by Crippen LogP contribution is -2.17. The van der Waals surface area contributed by atoms with Gasteiger partial charge in [0.1, 0.15) is 5.75 Å². The molecule has 0 radical (unpaired) electrons. The third kappa shape index (κ3) is 3.69. The van der Waals surface area contributed by atoms with E-state index in [2.05, 4.69) is 0 Å². The number of ether oxygens (including phenoxy) is 1. The molecule has 0 aliphatic carbocycles. The minimum atomic E-state index is -0.995. The molecule has 4 heteroatoms. The summed E-state index contributed by atoms with van der Waals surface area (Å²) in [7, 11) is 1.55. The molecule has 1 unspecified atom stereocenters. The van der Waals surface area contributed by atoms with Crippen LogP contribution in [0.4, 0.5) is 0 Å². The maximum Gasteiger partial charge on any atom is 0.304 e. The molecule has 0 bridgehead atoms. The number of carboxylic acid groups (broad SMARTS) is 1. The van der Waals surface area contributed by atoms with Crippen LogP contribution < -0.4 is 4.74 Å². The first-order valence-electron chi connectivity index (χ1n) is 6.57. The van der Waals surface area contributed by atoms with E-state index in [0.717, 1.165) is 0 Å². The first-order valence-corrected chi connectivity index (χ1v) is 6.57. The van der Waals surface area contributed by atoms with Crippen LogP contribution in [0.25, 0.3) is 0 Å². The van der Waals surface area contributed by atoms with Crippen molar-refractivity contribution in [2.45, 2.75) is 12.3 Å². The van der Waals surface area contributed by atoms with E-state index in [1.54, 1.807) is 55.6 Å². The summed E-state index contributed by atoms with van der Waals surface area (Å²) in [5, 5.41) is 9.05. The molecule has 0 fully saturated rings. The molecule has 2 aromatic carbocycles. The lowest BCUT2D eigenvalue weighted by molar-refractivity contribution is -0.137. The summed E-state index contributed by atoms with van der Waals surface area (Å²) >= 11 is 0. The van der Waals surface area contributed by atoms with Crippen LogP contribution >= 0.6 is 0 Å². The highest BCUT2D eigenvalue weighted by atomic mass is 16.5. The van der Waals surface area contributed by atoms with Crippen molar-refractivity contribution in [1.29, 1.82) is 0 Å². The lowest BCUT2D eigenvalue weighted by atomic mass is 9.88. The Morgan fingerprint density at radius 2 is 1.67 bits per heavy atom. The quantitative estimate of drug-likeness (QED) is 0.828. The topological polar surface area (TPSA) is 63.6 Å². The molecular weight excluding hydrogens is 268 g/mol. The van der Waals surface area contributed by atoms with Gasteiger partial charge in [-0.05, 0) is 29.8 Å². The number of benzene rings is 2. The summed E-state index contributed by atoms with van der Waals surface area (Å²) in [6, 6.07) is 15.7. The highest BCUT2D eigenvalue weighted by molar-refractivity contribution is 6.02. The monoisotopic (exact) mass is 284 g/mol. The van der Waals surface area contributed by atoms with Gasteiger partial charge in [-0.3, -0.25) is 9.59 Å². The van der Waals surface area contributed by atoms with Crippen LogP contribution in [0.2, 0.25) is 0 Å². The van der Waals surface area contributed by atoms with Crippen LogP contribution in [0.5, 0.6) is 5.75 Å². The number of carboxylic acids is 1. The van der Waals surface area contributed by atoms with E-state index in [1.807, 2.05) is 6.07 Å². The normalized spacial score (nSPS) is 11.7. The summed E-state index contributed by atoms with van der Waals surface area (Å²) < 4.78 is 5.05. The Labute approximate surface area is 123 Å². The van der Waals surface area contributed by atoms with Crippen LogP contribution in [0.3, 0.4) is 0 Å². The van der Waals surface area contributed by atoms with Crippen molar-refractivity contribution >= 4 is 11.8 Å². The van der Waals surface area contributed by atoms with E-state index in [1.165, 1.54) is 0 Å². The van der Waals surface area contributed by atoms with Crippen LogP contribution in [-0.2, 0) is 4.79 Å². The Morgan fingerprint density at radius 3 is 2.19 bits per heavy atom. The molecule has 1 atom stereocenters. The largest absolute Gasteiger partial charge is 0.497 e. The van der Waals surface area contributed by atoms with E-state index in [4.69, 9.17) is 9.84 Å². The molecule has 1 N–H and O–H groups in total. The van der Waals surface area contributed by atoms with Gasteiger partial charge in [-0.15, -0.1) is 0 Å². The Morgan fingerprint density at radius 1 is 1.05 bits per heavy atom. The minimum absolute atomic E-state index is 0.203. The number of methoxy groups -OCH3 is 1. The van der Waals surface area contributed by atoms with E-state index in [9.17, 15) is 9.59 Å². The molecule has 21 heavy (non-hydrogen) atoms. The number of carbonyl (C=O) groups excluding carboxylic acids is 1. The SMILES string of the molecule is COc1ccc(C(=O)C(CC(=O)O)c2ccccc2)cc1. The molecule has 2 rings (SSSR count). The second kappa shape index (κ2) is 6.70. The highest BCUT2D eigenvalue weighted by Crippen LogP contribution is 2.25. The maximum absolute atomic E-state index is 12.6. The Balaban J connectivity index is 2.31. The zero-order valence-corrected chi connectivity index (χ0v) is 11.7. The first-order chi connectivity index (χ1) is 10.1. The smallest absolute Gasteiger partial charge is 0.304 e. The van der Waals surface area contributed by atoms with E-state index in [-0.39, 0.29) is 12.2 Å². The fraction of sp³-hybridized carbons (Fsp3) is 0.176. The molecule has 0 saturated heterocycles. The summed E-state index contributed by atoms with van der Waals surface area (Å²) in [6.45, 7) is 0. The van der Waals surface area contributed by atoms with Gasteiger partial charge in [-0.25, -0.2) is 0 Å². The van der Waals surface area contributed by atoms with Crippen molar-refractivity contribution in [1.82, 2.24) is 0 Å². The van der Waals surface area contributed by atoms with E-state index in [0.29, 0.717) is 16.9 Å². The molecule has 4 nitrogen and oxygen atoms in total. The van der Waals surface area contributed by atoms with Crippen molar-refractivity contribution in [2.75, 3.05) is 7.11 Å². The fourth-order valence-corrected chi connectivity index (χ4v) is 2.18. The van der Waals surface area contributed by atoms with Gasteiger partial charge >= 0.3 is 5.97 Å². The number of carbonyl (C=O) groups is 2. The number of hydrogen-bond donors (Lipinski definition) is 1. The van der Waals surface area contributed by atoms with Gasteiger partial charge in [-0.1, -0.05) is 30.3 Å². The molecule has 0 aliphatic rings. The molecule has 0 aliphatic heterocycles. The van der Waals surface area contributed by atoms with Crippen molar-refractivity contribution in [3.8, 4) is 5.75 Å². The zero-order valence-electron chi connectivity index (χ0n) is 11.7. The average Bonchev–Trinajstić information content (AvgIpc) is 2.53. The third-order valence-corrected chi connectivity index (χ3v) is 3.27. The van der Waals surface area contributed by atoms with Crippen LogP contribution in [0.15, 0.2) is 54.6 Å². The van der Waals surface area contributed by atoms with Gasteiger partial charge < -0.3 is 9.84 Å². The molecule has 0 saturated carbocycles. The van der Waals surface area contributed by atoms with Gasteiger partial charge in [-0.2, -0.15) is 0 Å². The predicted octanol–water partition coefficient (Wildman–Crippen LogP) is 3.14. The number of Topliss-reactive ketones (excluding diaryl/α,β-unsaturated/α-hetero) is 1. The number of aliphatic carboxylic acids is 1. The molecule has 0 spiro atoms. The van der Waals surface area contributed by atoms with Crippen LogP contribution in [0.1, 0.15) is 28.3 Å². The van der Waals surface area contributed by atoms with Gasteiger partial charge in [0.25, 0.3) is 0 Å². The van der Waals surface area contributed by atoms with Gasteiger partial charge in [0.05, 0.1) is 19.4 Å². The molecule has 0 aromatic heterocycles. The minimum Gasteiger partial charge on any atom is -0.497 e. The number of hydrogen-bond acceptors (Lipinski definition) is 3. The van der Waals surface area contributed by atoms with Crippen molar-refractivity contribution in [2.24, 2.45) is 0 Å². The Bertz CT molecular complexity index is 617. The molecular formula is C17H16O4. The highest BCUT2D eigenvalue weighted by Gasteiger charge is 2.24. The van der Waals surface area contributed by atoms with E-state index < -0.39 is 11.9 Å². The summed E-state index contributed by atoms with van der Waals surface area (Å²) in [6.07, 6.45) is -0.227. The second-order valence-corrected chi connectivity index (χ2v) is 4.65. The van der Waals surface area contributed by atoms with Crippen molar-refractivity contribution in [3.63, 3.8) is 0 Å². The van der Waals surface area contributed by atoms with Crippen molar-refractivity contribution < 1.29 is 19.4 Å². The fourth-order valence-electron chi connectivity index (χ4n) is 2.18. The van der Waals surface area contributed by atoms with E-state index >= 15 is 0 Å². The number of rotatable bonds is 6. The van der Waals surface area contributed by atoms with Gasteiger partial charge in [0.15, 0.2) is 5.78 Å².